The number of hydrogen-bond donors (Lipinski definition) is 2. The van der Waals surface area contributed by atoms with Crippen LogP contribution < -0.4 is 4.89 Å². The highest BCUT2D eigenvalue weighted by Crippen LogP contribution is 2.22. The van der Waals surface area contributed by atoms with Crippen molar-refractivity contribution in [2.24, 2.45) is 0 Å². The highest BCUT2D eigenvalue weighted by Gasteiger charge is 2.10. The number of benzene rings is 2. The van der Waals surface area contributed by atoms with Gasteiger partial charge in [0.1, 0.15) is 0 Å². The molecular weight excluding hydrogens is 389 g/mol. The molecule has 0 aliphatic rings. The van der Waals surface area contributed by atoms with Crippen molar-refractivity contribution >= 4 is 52.8 Å². The molecule has 26 heavy (non-hydrogen) atoms. The normalized spacial score (nSPS) is 11.5. The van der Waals surface area contributed by atoms with Crippen molar-refractivity contribution in [2.75, 3.05) is 0 Å². The van der Waals surface area contributed by atoms with Crippen LogP contribution in [-0.4, -0.2) is 14.8 Å². The fraction of sp³-hybridized carbons (Fsp3) is 0. The van der Waals surface area contributed by atoms with Crippen LogP contribution in [0.25, 0.3) is 24.3 Å². The highest BCUT2D eigenvalue weighted by molar-refractivity contribution is 7.69. The first kappa shape index (κ1) is 20.3. The second-order valence-electron chi connectivity index (χ2n) is 4.93. The van der Waals surface area contributed by atoms with Gasteiger partial charge in [-0.25, -0.2) is 0 Å². The summed E-state index contributed by atoms with van der Waals surface area (Å²) in [7, 11) is -1.50. The van der Waals surface area contributed by atoms with E-state index in [4.69, 9.17) is 19.2 Å². The van der Waals surface area contributed by atoms with Gasteiger partial charge in [0.15, 0.2) is 15.3 Å². The quantitative estimate of drug-likeness (QED) is 0.384. The number of aromatic nitrogens is 1. The standard InChI is InChI=1S/C18H14NS2.H3O4P/c1-3-7-15(8-4-1)11-13-17-19-18(21-20-17)14-12-16-9-5-2-6-10-16;1-5(2,3)4/h1-14H;(H3,1,2,3,4)/q+1;/p-1/b13-11+,14-12+;. The van der Waals surface area contributed by atoms with E-state index in [0.717, 1.165) is 10.0 Å². The summed E-state index contributed by atoms with van der Waals surface area (Å²) in [6.45, 7) is 0. The van der Waals surface area contributed by atoms with Gasteiger partial charge in [-0.2, -0.15) is 4.98 Å². The van der Waals surface area contributed by atoms with E-state index in [2.05, 4.69) is 53.6 Å². The van der Waals surface area contributed by atoms with Crippen LogP contribution in [-0.2, 0) is 4.57 Å². The van der Waals surface area contributed by atoms with Gasteiger partial charge in [0, 0.05) is 6.08 Å². The summed E-state index contributed by atoms with van der Waals surface area (Å²) in [6, 6.07) is 20.6. The Bertz CT molecular complexity index is 833. The van der Waals surface area contributed by atoms with E-state index >= 15 is 0 Å². The molecule has 0 saturated carbocycles. The van der Waals surface area contributed by atoms with Crippen molar-refractivity contribution in [3.8, 4) is 0 Å². The minimum Gasteiger partial charge on any atom is -0.756 e. The van der Waals surface area contributed by atoms with Crippen molar-refractivity contribution in [1.29, 1.82) is 0 Å². The monoisotopic (exact) mass is 405 g/mol. The van der Waals surface area contributed by atoms with Crippen LogP contribution in [0.15, 0.2) is 60.7 Å². The fourth-order valence-corrected chi connectivity index (χ4v) is 3.64. The number of nitrogens with zero attached hydrogens (tertiary/aromatic N) is 1. The lowest BCUT2D eigenvalue weighted by molar-refractivity contribution is -0.214. The molecule has 1 aromatic heterocycles. The smallest absolute Gasteiger partial charge is 0.341 e. The molecule has 0 radical (unpaired) electrons. The summed E-state index contributed by atoms with van der Waals surface area (Å²) >= 11 is 0. The van der Waals surface area contributed by atoms with Gasteiger partial charge in [-0.3, -0.25) is 4.57 Å². The van der Waals surface area contributed by atoms with E-state index in [0.29, 0.717) is 0 Å². The van der Waals surface area contributed by atoms with Crippen molar-refractivity contribution in [3.63, 3.8) is 0 Å². The Balaban J connectivity index is 0.000000431. The molecule has 1 heterocycles. The molecule has 0 fully saturated rings. The van der Waals surface area contributed by atoms with Gasteiger partial charge >= 0.3 is 15.3 Å². The predicted octanol–water partition coefficient (Wildman–Crippen LogP) is 4.27. The maximum absolute atomic E-state index is 8.77. The van der Waals surface area contributed by atoms with E-state index in [1.807, 2.05) is 36.4 Å². The minimum absolute atomic E-state index is 1.04. The average Bonchev–Trinajstić information content (AvgIpc) is 3.07. The van der Waals surface area contributed by atoms with Crippen LogP contribution in [0.2, 0.25) is 0 Å². The second-order valence-corrected chi connectivity index (χ2v) is 8.08. The molecular formula is C18H16NO4PS2. The molecule has 0 atom stereocenters. The maximum Gasteiger partial charge on any atom is 0.341 e. The second kappa shape index (κ2) is 10.2. The van der Waals surface area contributed by atoms with E-state index in [9.17, 15) is 0 Å². The van der Waals surface area contributed by atoms with Crippen LogP contribution in [0.1, 0.15) is 21.1 Å². The first-order valence-corrected chi connectivity index (χ1v) is 11.1. The molecule has 5 nitrogen and oxygen atoms in total. The van der Waals surface area contributed by atoms with Gasteiger partial charge in [-0.15, -0.1) is 0 Å². The summed E-state index contributed by atoms with van der Waals surface area (Å²) in [5.74, 6) is 0. The lowest BCUT2D eigenvalue weighted by atomic mass is 10.2. The Morgan fingerprint density at radius 2 is 1.35 bits per heavy atom. The Morgan fingerprint density at radius 1 is 0.885 bits per heavy atom. The number of phosphoric acid groups is 1. The van der Waals surface area contributed by atoms with E-state index in [1.165, 1.54) is 11.1 Å². The van der Waals surface area contributed by atoms with Gasteiger partial charge in [0.2, 0.25) is 0 Å². The van der Waals surface area contributed by atoms with Crippen molar-refractivity contribution < 1.29 is 19.2 Å². The number of hydrogen-bond acceptors (Lipinski definition) is 4. The van der Waals surface area contributed by atoms with E-state index < -0.39 is 7.82 Å². The van der Waals surface area contributed by atoms with Gasteiger partial charge in [0.05, 0.1) is 0 Å². The molecule has 0 unspecified atom stereocenters. The first-order chi connectivity index (χ1) is 12.4. The molecule has 0 bridgehead atoms. The zero-order chi connectivity index (χ0) is 18.8. The minimum atomic E-state index is -4.89. The maximum atomic E-state index is 8.77. The molecule has 8 heteroatoms. The van der Waals surface area contributed by atoms with Crippen LogP contribution >= 0.6 is 28.5 Å². The molecule has 0 spiro atoms. The summed E-state index contributed by atoms with van der Waals surface area (Å²) in [5.41, 5.74) is 2.39. The van der Waals surface area contributed by atoms with Gasteiger partial charge < -0.3 is 14.7 Å². The SMILES string of the molecule is C(=C\c1nc(/C=C/c2ccccc2)[s+]s1)/c1ccccc1.O=P([O-])(O)O. The summed E-state index contributed by atoms with van der Waals surface area (Å²) in [5, 5.41) is 2.08. The van der Waals surface area contributed by atoms with E-state index in [1.54, 1.807) is 20.7 Å². The van der Waals surface area contributed by atoms with Gasteiger partial charge in [0.25, 0.3) is 7.82 Å². The molecule has 3 aromatic rings. The molecule has 0 aliphatic heterocycles. The zero-order valence-electron chi connectivity index (χ0n) is 13.5. The Kier molecular flexibility index (Phi) is 8.00. The lowest BCUT2D eigenvalue weighted by Crippen LogP contribution is -1.94. The predicted molar refractivity (Wildman–Crippen MR) is 107 cm³/mol. The fourth-order valence-electron chi connectivity index (χ4n) is 1.82. The Labute approximate surface area is 158 Å². The van der Waals surface area contributed by atoms with Crippen molar-refractivity contribution in [3.05, 3.63) is 81.8 Å². The first-order valence-electron chi connectivity index (χ1n) is 7.43. The third kappa shape index (κ3) is 8.92. The van der Waals surface area contributed by atoms with Crippen LogP contribution in [0, 0.1) is 0 Å². The topological polar surface area (TPSA) is 93.5 Å². The van der Waals surface area contributed by atoms with Crippen LogP contribution in [0.3, 0.4) is 0 Å². The summed E-state index contributed by atoms with van der Waals surface area (Å²) in [6.07, 6.45) is 8.32. The summed E-state index contributed by atoms with van der Waals surface area (Å²) < 4.78 is 8.77. The third-order valence-corrected chi connectivity index (χ3v) is 5.02. The summed E-state index contributed by atoms with van der Waals surface area (Å²) in [4.78, 5) is 27.5. The molecule has 0 saturated heterocycles. The molecule has 3 rings (SSSR count). The number of rotatable bonds is 4. The van der Waals surface area contributed by atoms with Crippen LogP contribution in [0.5, 0.6) is 0 Å². The largest absolute Gasteiger partial charge is 0.756 e. The van der Waals surface area contributed by atoms with Gasteiger partial charge in [-0.05, 0) is 23.3 Å². The molecule has 0 aliphatic carbocycles. The van der Waals surface area contributed by atoms with E-state index in [-0.39, 0.29) is 0 Å². The molecule has 2 N–H and O–H groups in total. The van der Waals surface area contributed by atoms with Crippen molar-refractivity contribution in [2.45, 2.75) is 0 Å². The molecule has 134 valence electrons. The average molecular weight is 405 g/mol. The lowest BCUT2D eigenvalue weighted by Gasteiger charge is -2.01. The molecule has 2 aromatic carbocycles. The zero-order valence-corrected chi connectivity index (χ0v) is 16.0. The highest BCUT2D eigenvalue weighted by atomic mass is 32.9. The third-order valence-electron chi connectivity index (χ3n) is 2.87. The Hall–Kier alpha value is -1.99. The van der Waals surface area contributed by atoms with Crippen molar-refractivity contribution in [1.82, 2.24) is 4.98 Å². The van der Waals surface area contributed by atoms with Gasteiger partial charge in [-0.1, -0.05) is 66.7 Å². The molecule has 0 amide bonds. The Morgan fingerprint density at radius 3 is 1.85 bits per heavy atom. The van der Waals surface area contributed by atoms with Crippen LogP contribution in [0.4, 0.5) is 0 Å².